The summed E-state index contributed by atoms with van der Waals surface area (Å²) in [4.78, 5) is 13.4. The molecule has 0 aliphatic carbocycles. The monoisotopic (exact) mass is 296 g/mol. The molecule has 0 radical (unpaired) electrons. The van der Waals surface area contributed by atoms with Gasteiger partial charge in [-0.2, -0.15) is 0 Å². The van der Waals surface area contributed by atoms with E-state index in [9.17, 15) is 4.79 Å². The number of hydrogen-bond acceptors (Lipinski definition) is 3. The van der Waals surface area contributed by atoms with Crippen LogP contribution in [0.15, 0.2) is 48.5 Å². The van der Waals surface area contributed by atoms with Gasteiger partial charge < -0.3 is 15.3 Å². The van der Waals surface area contributed by atoms with E-state index in [-0.39, 0.29) is 5.54 Å². The Morgan fingerprint density at radius 3 is 2.77 bits per heavy atom. The first-order valence-corrected chi connectivity index (χ1v) is 7.39. The summed E-state index contributed by atoms with van der Waals surface area (Å²) in [6.07, 6.45) is 0. The zero-order chi connectivity index (χ0) is 15.7. The Hall–Kier alpha value is -2.49. The fraction of sp³-hybridized carbons (Fsp3) is 0.278. The number of aromatic carboxylic acids is 1. The highest BCUT2D eigenvalue weighted by Crippen LogP contribution is 2.35. The number of benzene rings is 2. The zero-order valence-electron chi connectivity index (χ0n) is 12.8. The van der Waals surface area contributed by atoms with Crippen LogP contribution >= 0.6 is 0 Å². The van der Waals surface area contributed by atoms with Crippen molar-refractivity contribution in [2.24, 2.45) is 0 Å². The molecule has 2 N–H and O–H groups in total. The molecule has 0 fully saturated rings. The van der Waals surface area contributed by atoms with Gasteiger partial charge in [-0.05, 0) is 43.7 Å². The first-order chi connectivity index (χ1) is 10.4. The molecule has 0 aromatic heterocycles. The predicted octanol–water partition coefficient (Wildman–Crippen LogP) is 3.60. The number of nitrogens with one attached hydrogen (secondary N) is 1. The van der Waals surface area contributed by atoms with Crippen LogP contribution < -0.4 is 10.2 Å². The molecule has 3 rings (SSSR count). The summed E-state index contributed by atoms with van der Waals surface area (Å²) in [5, 5.41) is 12.7. The topological polar surface area (TPSA) is 52.6 Å². The molecule has 0 atom stereocenters. The van der Waals surface area contributed by atoms with E-state index < -0.39 is 5.97 Å². The van der Waals surface area contributed by atoms with Crippen molar-refractivity contribution in [1.82, 2.24) is 0 Å². The second-order valence-electron chi connectivity index (χ2n) is 6.39. The number of rotatable bonds is 3. The van der Waals surface area contributed by atoms with Crippen LogP contribution in [0.1, 0.15) is 29.8 Å². The molecule has 4 heteroatoms. The Morgan fingerprint density at radius 1 is 1.23 bits per heavy atom. The highest BCUT2D eigenvalue weighted by molar-refractivity contribution is 5.87. The van der Waals surface area contributed by atoms with Crippen molar-refractivity contribution in [3.63, 3.8) is 0 Å². The third-order valence-corrected chi connectivity index (χ3v) is 3.85. The average molecular weight is 296 g/mol. The minimum absolute atomic E-state index is 0.0290. The van der Waals surface area contributed by atoms with Crippen LogP contribution in [0.3, 0.4) is 0 Å². The Balaban J connectivity index is 1.92. The van der Waals surface area contributed by atoms with E-state index in [1.807, 2.05) is 18.2 Å². The van der Waals surface area contributed by atoms with E-state index in [0.29, 0.717) is 12.1 Å². The SMILES string of the molecule is CC1(C)CN(Cc2cccc(C(=O)O)c2)c2ccccc2N1. The Labute approximate surface area is 130 Å². The van der Waals surface area contributed by atoms with Gasteiger partial charge in [-0.1, -0.05) is 24.3 Å². The van der Waals surface area contributed by atoms with Gasteiger partial charge in [-0.3, -0.25) is 0 Å². The minimum atomic E-state index is -0.886. The second kappa shape index (κ2) is 5.37. The van der Waals surface area contributed by atoms with E-state index in [4.69, 9.17) is 5.11 Å². The lowest BCUT2D eigenvalue weighted by atomic mass is 9.98. The molecule has 22 heavy (non-hydrogen) atoms. The van der Waals surface area contributed by atoms with Crippen molar-refractivity contribution >= 4 is 17.3 Å². The number of carboxylic acids is 1. The average Bonchev–Trinajstić information content (AvgIpc) is 2.46. The van der Waals surface area contributed by atoms with Gasteiger partial charge in [0.25, 0.3) is 0 Å². The molecule has 1 aliphatic heterocycles. The molecule has 0 bridgehead atoms. The van der Waals surface area contributed by atoms with E-state index in [0.717, 1.165) is 23.5 Å². The Bertz CT molecular complexity index is 710. The van der Waals surface area contributed by atoms with Gasteiger partial charge >= 0.3 is 5.97 Å². The number of anilines is 2. The third-order valence-electron chi connectivity index (χ3n) is 3.85. The lowest BCUT2D eigenvalue weighted by Crippen LogP contribution is -2.48. The van der Waals surface area contributed by atoms with Crippen molar-refractivity contribution in [3.05, 3.63) is 59.7 Å². The van der Waals surface area contributed by atoms with Crippen LogP contribution in [0.5, 0.6) is 0 Å². The molecule has 1 aliphatic rings. The zero-order valence-corrected chi connectivity index (χ0v) is 12.8. The molecule has 114 valence electrons. The minimum Gasteiger partial charge on any atom is -0.478 e. The number of nitrogens with zero attached hydrogens (tertiary/aromatic N) is 1. The van der Waals surface area contributed by atoms with Gasteiger partial charge in [0.15, 0.2) is 0 Å². The second-order valence-corrected chi connectivity index (χ2v) is 6.39. The van der Waals surface area contributed by atoms with Crippen molar-refractivity contribution in [3.8, 4) is 0 Å². The van der Waals surface area contributed by atoms with E-state index in [2.05, 4.69) is 36.2 Å². The number of para-hydroxylation sites is 2. The predicted molar refractivity (Wildman–Crippen MR) is 88.6 cm³/mol. The maximum atomic E-state index is 11.1. The maximum absolute atomic E-state index is 11.1. The van der Waals surface area contributed by atoms with Gasteiger partial charge in [0, 0.05) is 18.6 Å². The van der Waals surface area contributed by atoms with Crippen LogP contribution in [-0.4, -0.2) is 23.2 Å². The van der Waals surface area contributed by atoms with E-state index >= 15 is 0 Å². The van der Waals surface area contributed by atoms with Crippen molar-refractivity contribution in [1.29, 1.82) is 0 Å². The van der Waals surface area contributed by atoms with Crippen LogP contribution in [-0.2, 0) is 6.54 Å². The van der Waals surface area contributed by atoms with Gasteiger partial charge in [0.1, 0.15) is 0 Å². The highest BCUT2D eigenvalue weighted by atomic mass is 16.4. The lowest BCUT2D eigenvalue weighted by Gasteiger charge is -2.42. The maximum Gasteiger partial charge on any atom is 0.335 e. The van der Waals surface area contributed by atoms with Crippen LogP contribution in [0.2, 0.25) is 0 Å². The van der Waals surface area contributed by atoms with Crippen molar-refractivity contribution < 1.29 is 9.90 Å². The Morgan fingerprint density at radius 2 is 2.00 bits per heavy atom. The molecule has 0 saturated heterocycles. The van der Waals surface area contributed by atoms with Crippen LogP contribution in [0.4, 0.5) is 11.4 Å². The fourth-order valence-electron chi connectivity index (χ4n) is 2.99. The number of fused-ring (bicyclic) bond motifs is 1. The van der Waals surface area contributed by atoms with Gasteiger partial charge in [-0.15, -0.1) is 0 Å². The first kappa shape index (κ1) is 14.4. The van der Waals surface area contributed by atoms with E-state index in [1.54, 1.807) is 18.2 Å². The molecule has 0 unspecified atom stereocenters. The summed E-state index contributed by atoms with van der Waals surface area (Å²) in [6.45, 7) is 5.90. The van der Waals surface area contributed by atoms with Crippen LogP contribution in [0, 0.1) is 0 Å². The summed E-state index contributed by atoms with van der Waals surface area (Å²) in [5.41, 5.74) is 3.59. The molecule has 0 spiro atoms. The van der Waals surface area contributed by atoms with Gasteiger partial charge in [0.05, 0.1) is 16.9 Å². The summed E-state index contributed by atoms with van der Waals surface area (Å²) in [7, 11) is 0. The quantitative estimate of drug-likeness (QED) is 0.908. The largest absolute Gasteiger partial charge is 0.478 e. The van der Waals surface area contributed by atoms with E-state index in [1.165, 1.54) is 0 Å². The normalized spacial score (nSPS) is 15.8. The molecule has 0 amide bonds. The number of hydrogen-bond donors (Lipinski definition) is 2. The molecule has 2 aromatic rings. The third kappa shape index (κ3) is 2.91. The summed E-state index contributed by atoms with van der Waals surface area (Å²) in [6, 6.07) is 15.4. The standard InChI is InChI=1S/C18H20N2O2/c1-18(2)12-20(16-9-4-3-8-15(16)19-18)11-13-6-5-7-14(10-13)17(21)22/h3-10,19H,11-12H2,1-2H3,(H,21,22). The van der Waals surface area contributed by atoms with Crippen molar-refractivity contribution in [2.75, 3.05) is 16.8 Å². The number of carboxylic acid groups (broad SMARTS) is 1. The molecular weight excluding hydrogens is 276 g/mol. The van der Waals surface area contributed by atoms with Crippen molar-refractivity contribution in [2.45, 2.75) is 25.9 Å². The molecule has 0 saturated carbocycles. The summed E-state index contributed by atoms with van der Waals surface area (Å²) >= 11 is 0. The summed E-state index contributed by atoms with van der Waals surface area (Å²) in [5.74, 6) is -0.886. The molecule has 1 heterocycles. The highest BCUT2D eigenvalue weighted by Gasteiger charge is 2.29. The van der Waals surface area contributed by atoms with Gasteiger partial charge in [-0.25, -0.2) is 4.79 Å². The lowest BCUT2D eigenvalue weighted by molar-refractivity contribution is 0.0696. The molecular formula is C18H20N2O2. The van der Waals surface area contributed by atoms with Crippen LogP contribution in [0.25, 0.3) is 0 Å². The smallest absolute Gasteiger partial charge is 0.335 e. The summed E-state index contributed by atoms with van der Waals surface area (Å²) < 4.78 is 0. The first-order valence-electron chi connectivity index (χ1n) is 7.39. The number of carbonyl (C=O) groups is 1. The molecule has 4 nitrogen and oxygen atoms in total. The Kier molecular flexibility index (Phi) is 3.53. The molecule has 2 aromatic carbocycles. The fourth-order valence-corrected chi connectivity index (χ4v) is 2.99. The van der Waals surface area contributed by atoms with Gasteiger partial charge in [0.2, 0.25) is 0 Å².